The Kier molecular flexibility index (Phi) is 2.68. The predicted molar refractivity (Wildman–Crippen MR) is 69.2 cm³/mol. The van der Waals surface area contributed by atoms with Crippen LogP contribution in [0.4, 0.5) is 5.82 Å². The minimum Gasteiger partial charge on any atom is -0.382 e. The van der Waals surface area contributed by atoms with E-state index in [1.165, 1.54) is 4.68 Å². The molecule has 0 fully saturated rings. The number of aryl methyl sites for hydroxylation is 1. The number of benzene rings is 1. The second-order valence-electron chi connectivity index (χ2n) is 3.88. The molecular weight excluding hydrogens is 268 g/mol. The Labute approximate surface area is 113 Å². The van der Waals surface area contributed by atoms with Gasteiger partial charge in [-0.25, -0.2) is 4.68 Å². The van der Waals surface area contributed by atoms with Gasteiger partial charge in [0, 0.05) is 17.6 Å². The molecule has 1 aromatic carbocycles. The van der Waals surface area contributed by atoms with E-state index in [9.17, 15) is 0 Å². The van der Waals surface area contributed by atoms with Crippen molar-refractivity contribution in [3.8, 4) is 23.0 Å². The molecule has 0 unspecified atom stereocenters. The van der Waals surface area contributed by atoms with Crippen molar-refractivity contribution in [1.29, 1.82) is 0 Å². The van der Waals surface area contributed by atoms with Crippen LogP contribution < -0.4 is 5.73 Å². The van der Waals surface area contributed by atoms with Crippen molar-refractivity contribution in [1.82, 2.24) is 25.1 Å². The van der Waals surface area contributed by atoms with Crippen LogP contribution in [-0.4, -0.2) is 25.1 Å². The average molecular weight is 277 g/mol. The van der Waals surface area contributed by atoms with Crippen molar-refractivity contribution in [2.75, 3.05) is 5.73 Å². The molecule has 2 heterocycles. The minimum absolute atomic E-state index is 0.232. The first-order chi connectivity index (χ1) is 9.15. The average Bonchev–Trinajstić information content (AvgIpc) is 2.99. The monoisotopic (exact) mass is 276 g/mol. The number of aromatic nitrogens is 5. The van der Waals surface area contributed by atoms with Crippen molar-refractivity contribution in [3.05, 3.63) is 29.3 Å². The van der Waals surface area contributed by atoms with Crippen LogP contribution in [0.1, 0.15) is 0 Å². The largest absolute Gasteiger partial charge is 0.382 e. The summed E-state index contributed by atoms with van der Waals surface area (Å²) in [5.41, 5.74) is 6.96. The van der Waals surface area contributed by atoms with Gasteiger partial charge in [-0.1, -0.05) is 22.0 Å². The summed E-state index contributed by atoms with van der Waals surface area (Å²) in [5.74, 6) is 1.04. The van der Waals surface area contributed by atoms with E-state index in [1.807, 2.05) is 0 Å². The lowest BCUT2D eigenvalue weighted by Crippen LogP contribution is -1.98. The highest BCUT2D eigenvalue weighted by molar-refractivity contribution is 6.30. The Bertz CT molecular complexity index is 717. The lowest BCUT2D eigenvalue weighted by Gasteiger charge is -1.93. The summed E-state index contributed by atoms with van der Waals surface area (Å²) in [5, 5.41) is 12.2. The maximum atomic E-state index is 5.82. The second kappa shape index (κ2) is 4.36. The van der Waals surface area contributed by atoms with Crippen LogP contribution in [-0.2, 0) is 7.05 Å². The molecule has 0 saturated carbocycles. The van der Waals surface area contributed by atoms with Crippen molar-refractivity contribution >= 4 is 17.4 Å². The zero-order valence-electron chi connectivity index (χ0n) is 9.91. The number of nitrogens with zero attached hydrogens (tertiary/aromatic N) is 5. The standard InChI is InChI=1S/C11H9ClN6O/c1-18-9(13)8(15-17-18)11-14-10(16-19-11)6-2-4-7(12)5-3-6/h2-5H,13H2,1H3. The van der Waals surface area contributed by atoms with Crippen molar-refractivity contribution in [2.24, 2.45) is 7.05 Å². The highest BCUT2D eigenvalue weighted by Crippen LogP contribution is 2.24. The molecule has 3 rings (SSSR count). The fourth-order valence-electron chi connectivity index (χ4n) is 1.55. The Morgan fingerprint density at radius 3 is 2.63 bits per heavy atom. The lowest BCUT2D eigenvalue weighted by molar-refractivity contribution is 0.431. The molecule has 96 valence electrons. The van der Waals surface area contributed by atoms with Gasteiger partial charge in [-0.15, -0.1) is 5.10 Å². The molecule has 0 aliphatic heterocycles. The normalized spacial score (nSPS) is 10.8. The maximum absolute atomic E-state index is 5.82. The molecule has 8 heteroatoms. The van der Waals surface area contributed by atoms with E-state index in [2.05, 4.69) is 20.5 Å². The van der Waals surface area contributed by atoms with Gasteiger partial charge in [0.05, 0.1) is 0 Å². The van der Waals surface area contributed by atoms with Crippen molar-refractivity contribution in [2.45, 2.75) is 0 Å². The van der Waals surface area contributed by atoms with Gasteiger partial charge in [-0.2, -0.15) is 4.98 Å². The third-order valence-corrected chi connectivity index (χ3v) is 2.85. The first-order valence-corrected chi connectivity index (χ1v) is 5.78. The SMILES string of the molecule is Cn1nnc(-c2nc(-c3ccc(Cl)cc3)no2)c1N. The van der Waals surface area contributed by atoms with E-state index in [0.29, 0.717) is 22.4 Å². The van der Waals surface area contributed by atoms with Gasteiger partial charge >= 0.3 is 0 Å². The summed E-state index contributed by atoms with van der Waals surface area (Å²) in [4.78, 5) is 4.24. The smallest absolute Gasteiger partial charge is 0.282 e. The van der Waals surface area contributed by atoms with Gasteiger partial charge in [0.1, 0.15) is 0 Å². The van der Waals surface area contributed by atoms with Gasteiger partial charge < -0.3 is 10.3 Å². The molecule has 0 saturated heterocycles. The molecule has 0 bridgehead atoms. The molecule has 0 atom stereocenters. The summed E-state index contributed by atoms with van der Waals surface area (Å²) < 4.78 is 6.57. The second-order valence-corrected chi connectivity index (χ2v) is 4.31. The number of hydrogen-bond acceptors (Lipinski definition) is 6. The molecule has 0 radical (unpaired) electrons. The van der Waals surface area contributed by atoms with Crippen LogP contribution in [0.2, 0.25) is 5.02 Å². The van der Waals surface area contributed by atoms with E-state index < -0.39 is 0 Å². The summed E-state index contributed by atoms with van der Waals surface area (Å²) in [6.07, 6.45) is 0. The number of rotatable bonds is 2. The molecule has 0 spiro atoms. The lowest BCUT2D eigenvalue weighted by atomic mass is 10.2. The molecule has 7 nitrogen and oxygen atoms in total. The van der Waals surface area contributed by atoms with Crippen molar-refractivity contribution < 1.29 is 4.52 Å². The van der Waals surface area contributed by atoms with Crippen molar-refractivity contribution in [3.63, 3.8) is 0 Å². The predicted octanol–water partition coefficient (Wildman–Crippen LogP) is 1.77. The number of anilines is 1. The van der Waals surface area contributed by atoms with E-state index in [0.717, 1.165) is 5.56 Å². The van der Waals surface area contributed by atoms with E-state index in [1.54, 1.807) is 31.3 Å². The number of halogens is 1. The number of nitrogen functional groups attached to an aromatic ring is 1. The third kappa shape index (κ3) is 2.04. The third-order valence-electron chi connectivity index (χ3n) is 2.60. The van der Waals surface area contributed by atoms with Crippen LogP contribution in [0.25, 0.3) is 23.0 Å². The molecule has 2 aromatic heterocycles. The first-order valence-electron chi connectivity index (χ1n) is 5.40. The molecule has 0 aliphatic carbocycles. The van der Waals surface area contributed by atoms with Gasteiger partial charge in [-0.3, -0.25) is 0 Å². The Balaban J connectivity index is 2.00. The van der Waals surface area contributed by atoms with Gasteiger partial charge in [0.15, 0.2) is 11.5 Å². The van der Waals surface area contributed by atoms with Crippen LogP contribution in [0.3, 0.4) is 0 Å². The van der Waals surface area contributed by atoms with Crippen LogP contribution in [0.15, 0.2) is 28.8 Å². The number of nitrogens with two attached hydrogens (primary N) is 1. The van der Waals surface area contributed by atoms with Gasteiger partial charge in [0.2, 0.25) is 5.82 Å². The zero-order valence-corrected chi connectivity index (χ0v) is 10.7. The summed E-state index contributed by atoms with van der Waals surface area (Å²) in [7, 11) is 1.68. The van der Waals surface area contributed by atoms with E-state index >= 15 is 0 Å². The Morgan fingerprint density at radius 1 is 1.26 bits per heavy atom. The van der Waals surface area contributed by atoms with E-state index in [4.69, 9.17) is 21.9 Å². The highest BCUT2D eigenvalue weighted by Gasteiger charge is 2.17. The molecule has 0 amide bonds. The van der Waals surface area contributed by atoms with Gasteiger partial charge in [-0.05, 0) is 24.3 Å². The van der Waals surface area contributed by atoms with Gasteiger partial charge in [0.25, 0.3) is 5.89 Å². The van der Waals surface area contributed by atoms with Crippen LogP contribution in [0.5, 0.6) is 0 Å². The molecule has 0 aliphatic rings. The van der Waals surface area contributed by atoms with Crippen LogP contribution >= 0.6 is 11.6 Å². The molecule has 3 aromatic rings. The molecule has 19 heavy (non-hydrogen) atoms. The molecule has 2 N–H and O–H groups in total. The highest BCUT2D eigenvalue weighted by atomic mass is 35.5. The Hall–Kier alpha value is -2.41. The summed E-state index contributed by atoms with van der Waals surface area (Å²) >= 11 is 5.82. The van der Waals surface area contributed by atoms with E-state index in [-0.39, 0.29) is 5.89 Å². The quantitative estimate of drug-likeness (QED) is 0.766. The molecular formula is C11H9ClN6O. The van der Waals surface area contributed by atoms with Crippen LogP contribution in [0, 0.1) is 0 Å². The Morgan fingerprint density at radius 2 is 2.00 bits per heavy atom. The zero-order chi connectivity index (χ0) is 13.4. The summed E-state index contributed by atoms with van der Waals surface area (Å²) in [6, 6.07) is 7.11. The maximum Gasteiger partial charge on any atom is 0.282 e. The minimum atomic E-state index is 0.232. The fourth-order valence-corrected chi connectivity index (χ4v) is 1.68. The fraction of sp³-hybridized carbons (Fsp3) is 0.0909. The topological polar surface area (TPSA) is 95.6 Å². The number of hydrogen-bond donors (Lipinski definition) is 1. The first kappa shape index (κ1) is 11.7. The summed E-state index contributed by atoms with van der Waals surface area (Å²) in [6.45, 7) is 0.